The summed E-state index contributed by atoms with van der Waals surface area (Å²) in [5, 5.41) is 0. The van der Waals surface area contributed by atoms with Gasteiger partial charge in [0, 0.05) is 6.54 Å². The van der Waals surface area contributed by atoms with Crippen LogP contribution in [0.4, 0.5) is 13.2 Å². The molecule has 1 aromatic heterocycles. The third-order valence-electron chi connectivity index (χ3n) is 2.05. The number of nitrogens with two attached hydrogens (primary N) is 1. The Morgan fingerprint density at radius 2 is 2.19 bits per heavy atom. The van der Waals surface area contributed by atoms with Gasteiger partial charge in [0.15, 0.2) is 0 Å². The van der Waals surface area contributed by atoms with Crippen LogP contribution < -0.4 is 11.3 Å². The molecule has 0 saturated heterocycles. The van der Waals surface area contributed by atoms with Gasteiger partial charge in [0.1, 0.15) is 6.04 Å². The molecule has 2 N–H and O–H groups in total. The van der Waals surface area contributed by atoms with E-state index in [2.05, 4.69) is 4.98 Å². The van der Waals surface area contributed by atoms with Crippen LogP contribution in [0.15, 0.2) is 11.1 Å². The lowest BCUT2D eigenvalue weighted by Gasteiger charge is -2.20. The van der Waals surface area contributed by atoms with Gasteiger partial charge in [-0.2, -0.15) is 13.2 Å². The predicted octanol–water partition coefficient (Wildman–Crippen LogP) is 1.22. The van der Waals surface area contributed by atoms with Crippen molar-refractivity contribution < 1.29 is 13.2 Å². The van der Waals surface area contributed by atoms with Gasteiger partial charge in [-0.05, 0) is 29.5 Å². The van der Waals surface area contributed by atoms with E-state index in [0.717, 1.165) is 6.33 Å². The van der Waals surface area contributed by atoms with E-state index in [-0.39, 0.29) is 3.57 Å². The topological polar surface area (TPSA) is 60.9 Å². The molecule has 8 heteroatoms. The van der Waals surface area contributed by atoms with Crippen molar-refractivity contribution in [1.82, 2.24) is 9.55 Å². The maximum absolute atomic E-state index is 12.5. The standard InChI is InChI=1S/C8H9F3IN3O/c1-4-6(12)7(16)15(3-14-4)5(2-13)8(9,10)11/h3,5H,2,13H2,1H3. The van der Waals surface area contributed by atoms with Gasteiger partial charge in [-0.15, -0.1) is 0 Å². The minimum absolute atomic E-state index is 0.169. The zero-order valence-corrected chi connectivity index (χ0v) is 10.4. The van der Waals surface area contributed by atoms with Crippen molar-refractivity contribution in [3.8, 4) is 0 Å². The Morgan fingerprint density at radius 1 is 1.62 bits per heavy atom. The molecule has 0 amide bonds. The number of aryl methyl sites for hydroxylation is 1. The molecule has 1 heterocycles. The highest BCUT2D eigenvalue weighted by Crippen LogP contribution is 2.28. The number of hydrogen-bond acceptors (Lipinski definition) is 3. The molecule has 0 aliphatic carbocycles. The number of rotatable bonds is 2. The van der Waals surface area contributed by atoms with E-state index in [9.17, 15) is 18.0 Å². The van der Waals surface area contributed by atoms with Crippen LogP contribution in [0, 0.1) is 10.5 Å². The third-order valence-corrected chi connectivity index (χ3v) is 3.29. The Bertz CT molecular complexity index is 443. The minimum Gasteiger partial charge on any atom is -0.328 e. The Hall–Kier alpha value is -0.640. The Kier molecular flexibility index (Phi) is 3.94. The van der Waals surface area contributed by atoms with Gasteiger partial charge in [0.2, 0.25) is 0 Å². The van der Waals surface area contributed by atoms with Crippen molar-refractivity contribution in [1.29, 1.82) is 0 Å². The summed E-state index contributed by atoms with van der Waals surface area (Å²) in [6.07, 6.45) is -3.68. The van der Waals surface area contributed by atoms with Crippen LogP contribution in [0.3, 0.4) is 0 Å². The summed E-state index contributed by atoms with van der Waals surface area (Å²) in [5.41, 5.74) is 4.72. The van der Waals surface area contributed by atoms with Gasteiger partial charge in [0.25, 0.3) is 5.56 Å². The van der Waals surface area contributed by atoms with E-state index in [1.165, 1.54) is 0 Å². The van der Waals surface area contributed by atoms with Crippen LogP contribution in [0.1, 0.15) is 11.7 Å². The van der Waals surface area contributed by atoms with E-state index < -0.39 is 24.3 Å². The summed E-state index contributed by atoms with van der Waals surface area (Å²) in [6, 6.07) is -2.03. The maximum Gasteiger partial charge on any atom is 0.410 e. The highest BCUT2D eigenvalue weighted by molar-refractivity contribution is 14.1. The van der Waals surface area contributed by atoms with Crippen molar-refractivity contribution in [3.05, 3.63) is 25.9 Å². The van der Waals surface area contributed by atoms with E-state index in [1.807, 2.05) is 0 Å². The van der Waals surface area contributed by atoms with Gasteiger partial charge < -0.3 is 5.73 Å². The molecule has 16 heavy (non-hydrogen) atoms. The molecule has 0 radical (unpaired) electrons. The first-order valence-corrected chi connectivity index (χ1v) is 5.37. The highest BCUT2D eigenvalue weighted by Gasteiger charge is 2.40. The summed E-state index contributed by atoms with van der Waals surface area (Å²) >= 11 is 1.67. The van der Waals surface area contributed by atoms with E-state index in [1.54, 1.807) is 29.5 Å². The molecule has 1 atom stereocenters. The van der Waals surface area contributed by atoms with Crippen molar-refractivity contribution in [3.63, 3.8) is 0 Å². The summed E-state index contributed by atoms with van der Waals surface area (Å²) in [5.74, 6) is 0. The van der Waals surface area contributed by atoms with Gasteiger partial charge in [-0.1, -0.05) is 0 Å². The summed E-state index contributed by atoms with van der Waals surface area (Å²) in [4.78, 5) is 15.3. The minimum atomic E-state index is -4.56. The Balaban J connectivity index is 3.33. The second kappa shape index (κ2) is 4.70. The van der Waals surface area contributed by atoms with Crippen molar-refractivity contribution in [2.45, 2.75) is 19.1 Å². The second-order valence-electron chi connectivity index (χ2n) is 3.15. The number of hydrogen-bond donors (Lipinski definition) is 1. The molecule has 1 rings (SSSR count). The van der Waals surface area contributed by atoms with Crippen LogP contribution in [0.25, 0.3) is 0 Å². The number of halogens is 4. The van der Waals surface area contributed by atoms with Crippen molar-refractivity contribution in [2.75, 3.05) is 6.54 Å². The predicted molar refractivity (Wildman–Crippen MR) is 60.1 cm³/mol. The monoisotopic (exact) mass is 347 g/mol. The first kappa shape index (κ1) is 13.4. The quantitative estimate of drug-likeness (QED) is 0.819. The smallest absolute Gasteiger partial charge is 0.328 e. The molecule has 0 aromatic carbocycles. The first-order valence-electron chi connectivity index (χ1n) is 4.29. The van der Waals surface area contributed by atoms with E-state index in [4.69, 9.17) is 5.73 Å². The molecule has 1 unspecified atom stereocenters. The first-order chi connectivity index (χ1) is 7.29. The summed E-state index contributed by atoms with van der Waals surface area (Å²) in [6.45, 7) is 0.864. The van der Waals surface area contributed by atoms with Crippen LogP contribution in [0.2, 0.25) is 0 Å². The molecule has 4 nitrogen and oxygen atoms in total. The van der Waals surface area contributed by atoms with Crippen LogP contribution in [-0.2, 0) is 0 Å². The average molecular weight is 347 g/mol. The average Bonchev–Trinajstić information content (AvgIpc) is 2.17. The molecule has 0 fully saturated rings. The molecule has 0 aliphatic heterocycles. The SMILES string of the molecule is Cc1ncn(C(CN)C(F)(F)F)c(=O)c1I. The van der Waals surface area contributed by atoms with Crippen LogP contribution >= 0.6 is 22.6 Å². The Morgan fingerprint density at radius 3 is 2.62 bits per heavy atom. The van der Waals surface area contributed by atoms with E-state index in [0.29, 0.717) is 10.3 Å². The lowest BCUT2D eigenvalue weighted by molar-refractivity contribution is -0.165. The lowest BCUT2D eigenvalue weighted by Crippen LogP contribution is -2.40. The molecule has 0 bridgehead atoms. The number of aromatic nitrogens is 2. The normalized spacial score (nSPS) is 13.9. The highest BCUT2D eigenvalue weighted by atomic mass is 127. The molecular weight excluding hydrogens is 338 g/mol. The second-order valence-corrected chi connectivity index (χ2v) is 4.23. The van der Waals surface area contributed by atoms with Gasteiger partial charge in [0.05, 0.1) is 15.6 Å². The fourth-order valence-corrected chi connectivity index (χ4v) is 1.57. The zero-order chi connectivity index (χ0) is 12.5. The van der Waals surface area contributed by atoms with Crippen LogP contribution in [0.5, 0.6) is 0 Å². The molecule has 1 aromatic rings. The largest absolute Gasteiger partial charge is 0.410 e. The fraction of sp³-hybridized carbons (Fsp3) is 0.500. The Labute approximate surface area is 103 Å². The fourth-order valence-electron chi connectivity index (χ4n) is 1.15. The molecule has 90 valence electrons. The molecule has 0 spiro atoms. The van der Waals surface area contributed by atoms with E-state index >= 15 is 0 Å². The third kappa shape index (κ3) is 2.54. The molecule has 0 saturated carbocycles. The molecular formula is C8H9F3IN3O. The summed E-state index contributed by atoms with van der Waals surface area (Å²) < 4.78 is 38.3. The van der Waals surface area contributed by atoms with Gasteiger partial charge in [-0.3, -0.25) is 9.36 Å². The number of alkyl halides is 3. The number of nitrogens with zero attached hydrogens (tertiary/aromatic N) is 2. The lowest BCUT2D eigenvalue weighted by atomic mass is 10.3. The van der Waals surface area contributed by atoms with Gasteiger partial charge in [-0.25, -0.2) is 4.98 Å². The maximum atomic E-state index is 12.5. The zero-order valence-electron chi connectivity index (χ0n) is 8.25. The summed E-state index contributed by atoms with van der Waals surface area (Å²) in [7, 11) is 0. The van der Waals surface area contributed by atoms with Crippen molar-refractivity contribution in [2.24, 2.45) is 5.73 Å². The van der Waals surface area contributed by atoms with Crippen molar-refractivity contribution >= 4 is 22.6 Å². The van der Waals surface area contributed by atoms with Crippen LogP contribution in [-0.4, -0.2) is 22.3 Å². The van der Waals surface area contributed by atoms with Gasteiger partial charge >= 0.3 is 6.18 Å². The molecule has 0 aliphatic rings.